The third-order valence-electron chi connectivity index (χ3n) is 3.50. The number of carbonyl (C=O) groups is 2. The highest BCUT2D eigenvalue weighted by atomic mass is 16.5. The number of methoxy groups -OCH3 is 1. The Bertz CT molecular complexity index is 505. The predicted octanol–water partition coefficient (Wildman–Crippen LogP) is 1.20. The summed E-state index contributed by atoms with van der Waals surface area (Å²) in [6.45, 7) is 1.17. The predicted molar refractivity (Wildman–Crippen MR) is 75.0 cm³/mol. The summed E-state index contributed by atoms with van der Waals surface area (Å²) in [6.07, 6.45) is 0.368. The van der Waals surface area contributed by atoms with Crippen molar-refractivity contribution in [1.82, 2.24) is 5.32 Å². The van der Waals surface area contributed by atoms with Crippen LogP contribution in [-0.2, 0) is 20.9 Å². The zero-order chi connectivity index (χ0) is 15.3. The number of hydrogen-bond acceptors (Lipinski definition) is 4. The Morgan fingerprint density at radius 3 is 2.62 bits per heavy atom. The topological polar surface area (TPSA) is 84.9 Å². The van der Waals surface area contributed by atoms with Gasteiger partial charge in [-0.05, 0) is 24.1 Å². The zero-order valence-electron chi connectivity index (χ0n) is 11.9. The number of amides is 1. The molecule has 0 aliphatic carbocycles. The van der Waals surface area contributed by atoms with Crippen LogP contribution in [0, 0.1) is 0 Å². The second kappa shape index (κ2) is 6.69. The van der Waals surface area contributed by atoms with Crippen LogP contribution in [0.3, 0.4) is 0 Å². The van der Waals surface area contributed by atoms with Crippen molar-refractivity contribution in [2.75, 3.05) is 20.3 Å². The maximum absolute atomic E-state index is 12.3. The molecule has 1 unspecified atom stereocenters. The molecule has 1 aliphatic rings. The Hall–Kier alpha value is -1.92. The van der Waals surface area contributed by atoms with Crippen molar-refractivity contribution in [2.45, 2.75) is 25.0 Å². The highest BCUT2D eigenvalue weighted by molar-refractivity contribution is 5.95. The number of carboxylic acids is 1. The first-order chi connectivity index (χ1) is 10.0. The molecule has 2 N–H and O–H groups in total. The highest BCUT2D eigenvalue weighted by Gasteiger charge is 2.38. The van der Waals surface area contributed by atoms with E-state index in [0.29, 0.717) is 25.2 Å². The Labute approximate surface area is 123 Å². The van der Waals surface area contributed by atoms with Crippen LogP contribution in [-0.4, -0.2) is 42.8 Å². The third-order valence-corrected chi connectivity index (χ3v) is 3.50. The number of benzene rings is 1. The Morgan fingerprint density at radius 2 is 2.10 bits per heavy atom. The first kappa shape index (κ1) is 15.5. The summed E-state index contributed by atoms with van der Waals surface area (Å²) in [6, 6.07) is 7.03. The van der Waals surface area contributed by atoms with Crippen LogP contribution in [0.15, 0.2) is 24.3 Å². The lowest BCUT2D eigenvalue weighted by Gasteiger charge is -2.27. The molecule has 21 heavy (non-hydrogen) atoms. The molecule has 1 heterocycles. The fourth-order valence-electron chi connectivity index (χ4n) is 2.41. The molecule has 6 heteroatoms. The van der Waals surface area contributed by atoms with E-state index in [1.54, 1.807) is 19.2 Å². The van der Waals surface area contributed by atoms with Gasteiger partial charge in [0.25, 0.3) is 5.91 Å². The molecule has 0 saturated carbocycles. The SMILES string of the molecule is COCc1ccc(C(=O)NC2(CC(=O)O)CCOC2)cc1. The van der Waals surface area contributed by atoms with E-state index in [1.165, 1.54) is 0 Å². The molecule has 2 rings (SSSR count). The normalized spacial score (nSPS) is 21.2. The minimum absolute atomic E-state index is 0.138. The molecule has 1 saturated heterocycles. The summed E-state index contributed by atoms with van der Waals surface area (Å²) in [5, 5.41) is 11.8. The van der Waals surface area contributed by atoms with Crippen molar-refractivity contribution in [3.63, 3.8) is 0 Å². The molecule has 0 aromatic heterocycles. The van der Waals surface area contributed by atoms with E-state index in [9.17, 15) is 9.59 Å². The van der Waals surface area contributed by atoms with E-state index < -0.39 is 11.5 Å². The first-order valence-electron chi connectivity index (χ1n) is 6.75. The first-order valence-corrected chi connectivity index (χ1v) is 6.75. The fourth-order valence-corrected chi connectivity index (χ4v) is 2.41. The minimum Gasteiger partial charge on any atom is -0.481 e. The van der Waals surface area contributed by atoms with Gasteiger partial charge in [-0.1, -0.05) is 12.1 Å². The summed E-state index contributed by atoms with van der Waals surface area (Å²) < 4.78 is 10.3. The Balaban J connectivity index is 2.06. The maximum atomic E-state index is 12.3. The van der Waals surface area contributed by atoms with E-state index in [0.717, 1.165) is 5.56 Å². The lowest BCUT2D eigenvalue weighted by molar-refractivity contribution is -0.138. The van der Waals surface area contributed by atoms with Crippen LogP contribution in [0.2, 0.25) is 0 Å². The van der Waals surface area contributed by atoms with Gasteiger partial charge < -0.3 is 19.9 Å². The van der Waals surface area contributed by atoms with Crippen LogP contribution >= 0.6 is 0 Å². The van der Waals surface area contributed by atoms with Crippen molar-refractivity contribution >= 4 is 11.9 Å². The van der Waals surface area contributed by atoms with Crippen molar-refractivity contribution in [3.8, 4) is 0 Å². The van der Waals surface area contributed by atoms with E-state index in [4.69, 9.17) is 14.6 Å². The average Bonchev–Trinajstić information content (AvgIpc) is 2.87. The lowest BCUT2D eigenvalue weighted by atomic mass is 9.93. The number of carboxylic acid groups (broad SMARTS) is 1. The summed E-state index contributed by atoms with van der Waals surface area (Å²) in [5.41, 5.74) is 0.652. The van der Waals surface area contributed by atoms with Gasteiger partial charge in [0.1, 0.15) is 0 Å². The second-order valence-electron chi connectivity index (χ2n) is 5.24. The molecule has 1 aliphatic heterocycles. The van der Waals surface area contributed by atoms with Gasteiger partial charge in [-0.25, -0.2) is 0 Å². The fraction of sp³-hybridized carbons (Fsp3) is 0.467. The van der Waals surface area contributed by atoms with Gasteiger partial charge in [-0.3, -0.25) is 9.59 Å². The lowest BCUT2D eigenvalue weighted by Crippen LogP contribution is -2.50. The Morgan fingerprint density at radius 1 is 1.38 bits per heavy atom. The molecule has 0 radical (unpaired) electrons. The van der Waals surface area contributed by atoms with E-state index in [1.807, 2.05) is 12.1 Å². The second-order valence-corrected chi connectivity index (χ2v) is 5.24. The molecule has 114 valence electrons. The summed E-state index contributed by atoms with van der Waals surface area (Å²) in [5.74, 6) is -1.23. The molecule has 1 atom stereocenters. The van der Waals surface area contributed by atoms with Gasteiger partial charge in [0.2, 0.25) is 0 Å². The molecule has 1 amide bonds. The van der Waals surface area contributed by atoms with Crippen molar-refractivity contribution in [1.29, 1.82) is 0 Å². The number of nitrogens with one attached hydrogen (secondary N) is 1. The van der Waals surface area contributed by atoms with E-state index in [2.05, 4.69) is 5.32 Å². The van der Waals surface area contributed by atoms with Crippen LogP contribution in [0.1, 0.15) is 28.8 Å². The van der Waals surface area contributed by atoms with Crippen LogP contribution in [0.25, 0.3) is 0 Å². The number of ether oxygens (including phenoxy) is 2. The standard InChI is InChI=1S/C15H19NO5/c1-20-9-11-2-4-12(5-3-11)14(19)16-15(8-13(17)18)6-7-21-10-15/h2-5H,6-10H2,1H3,(H,16,19)(H,17,18). The molecule has 0 bridgehead atoms. The Kier molecular flexibility index (Phi) is 4.93. The van der Waals surface area contributed by atoms with E-state index >= 15 is 0 Å². The molecule has 6 nitrogen and oxygen atoms in total. The molecular weight excluding hydrogens is 274 g/mol. The summed E-state index contributed by atoms with van der Waals surface area (Å²) >= 11 is 0. The van der Waals surface area contributed by atoms with Crippen molar-refractivity contribution in [2.24, 2.45) is 0 Å². The summed E-state index contributed by atoms with van der Waals surface area (Å²) in [7, 11) is 1.61. The summed E-state index contributed by atoms with van der Waals surface area (Å²) in [4.78, 5) is 23.2. The van der Waals surface area contributed by atoms with Crippen LogP contribution < -0.4 is 5.32 Å². The van der Waals surface area contributed by atoms with Gasteiger partial charge >= 0.3 is 5.97 Å². The van der Waals surface area contributed by atoms with Crippen LogP contribution in [0.4, 0.5) is 0 Å². The van der Waals surface area contributed by atoms with Gasteiger partial charge in [-0.15, -0.1) is 0 Å². The van der Waals surface area contributed by atoms with Crippen molar-refractivity contribution < 1.29 is 24.2 Å². The molecule has 0 spiro atoms. The van der Waals surface area contributed by atoms with Gasteiger partial charge in [0.05, 0.1) is 25.2 Å². The average molecular weight is 293 g/mol. The smallest absolute Gasteiger partial charge is 0.305 e. The van der Waals surface area contributed by atoms with Crippen molar-refractivity contribution in [3.05, 3.63) is 35.4 Å². The van der Waals surface area contributed by atoms with Crippen LogP contribution in [0.5, 0.6) is 0 Å². The number of aliphatic carboxylic acids is 1. The third kappa shape index (κ3) is 4.03. The number of carbonyl (C=O) groups excluding carboxylic acids is 1. The van der Waals surface area contributed by atoms with E-state index in [-0.39, 0.29) is 18.9 Å². The molecular formula is C15H19NO5. The minimum atomic E-state index is -0.948. The number of hydrogen-bond donors (Lipinski definition) is 2. The quantitative estimate of drug-likeness (QED) is 0.823. The largest absolute Gasteiger partial charge is 0.481 e. The van der Waals surface area contributed by atoms with Gasteiger partial charge in [0.15, 0.2) is 0 Å². The monoisotopic (exact) mass is 293 g/mol. The highest BCUT2D eigenvalue weighted by Crippen LogP contribution is 2.23. The molecule has 1 aromatic rings. The maximum Gasteiger partial charge on any atom is 0.305 e. The van der Waals surface area contributed by atoms with Gasteiger partial charge in [0, 0.05) is 19.3 Å². The zero-order valence-corrected chi connectivity index (χ0v) is 11.9. The van der Waals surface area contributed by atoms with Gasteiger partial charge in [-0.2, -0.15) is 0 Å². The molecule has 1 fully saturated rings. The molecule has 1 aromatic carbocycles. The number of rotatable bonds is 6.